The zero-order valence-corrected chi connectivity index (χ0v) is 10.3. The van der Waals surface area contributed by atoms with Gasteiger partial charge in [0.2, 0.25) is 0 Å². The Kier molecular flexibility index (Phi) is 4.94. The van der Waals surface area contributed by atoms with Crippen molar-refractivity contribution in [3.05, 3.63) is 35.6 Å². The molecule has 16 heavy (non-hydrogen) atoms. The van der Waals surface area contributed by atoms with Crippen LogP contribution in [0.5, 0.6) is 0 Å². The second-order valence-electron chi connectivity index (χ2n) is 4.63. The quantitative estimate of drug-likeness (QED) is 0.782. The van der Waals surface area contributed by atoms with Gasteiger partial charge in [0.05, 0.1) is 0 Å². The van der Waals surface area contributed by atoms with Gasteiger partial charge in [-0.15, -0.1) is 0 Å². The van der Waals surface area contributed by atoms with Crippen molar-refractivity contribution in [3.63, 3.8) is 0 Å². The van der Waals surface area contributed by atoms with Crippen LogP contribution < -0.4 is 5.73 Å². The molecule has 0 aliphatic carbocycles. The number of unbranched alkanes of at least 4 members (excludes halogenated alkanes) is 1. The minimum Gasteiger partial charge on any atom is -0.325 e. The topological polar surface area (TPSA) is 26.0 Å². The van der Waals surface area contributed by atoms with Crippen molar-refractivity contribution in [2.45, 2.75) is 51.5 Å². The summed E-state index contributed by atoms with van der Waals surface area (Å²) in [6.45, 7) is 4.27. The molecule has 0 radical (unpaired) electrons. The Bertz CT molecular complexity index is 324. The van der Waals surface area contributed by atoms with Gasteiger partial charge in [-0.1, -0.05) is 38.8 Å². The summed E-state index contributed by atoms with van der Waals surface area (Å²) in [5, 5.41) is 0. The van der Waals surface area contributed by atoms with Crippen molar-refractivity contribution in [2.24, 2.45) is 5.73 Å². The van der Waals surface area contributed by atoms with Gasteiger partial charge in [0.25, 0.3) is 0 Å². The van der Waals surface area contributed by atoms with Gasteiger partial charge in [0, 0.05) is 5.54 Å². The van der Waals surface area contributed by atoms with Gasteiger partial charge in [-0.2, -0.15) is 0 Å². The van der Waals surface area contributed by atoms with Crippen molar-refractivity contribution in [2.75, 3.05) is 0 Å². The average Bonchev–Trinajstić information content (AvgIpc) is 2.26. The molecule has 2 heteroatoms. The van der Waals surface area contributed by atoms with Crippen LogP contribution in [0, 0.1) is 5.82 Å². The molecule has 2 N–H and O–H groups in total. The SMILES string of the molecule is CCCCC(N)(CC)Cc1cccc(F)c1. The third-order valence-corrected chi connectivity index (χ3v) is 3.18. The average molecular weight is 223 g/mol. The van der Waals surface area contributed by atoms with Crippen molar-refractivity contribution in [3.8, 4) is 0 Å². The first kappa shape index (κ1) is 13.2. The fraction of sp³-hybridized carbons (Fsp3) is 0.571. The van der Waals surface area contributed by atoms with Crippen LogP contribution in [0.2, 0.25) is 0 Å². The molecule has 0 aliphatic rings. The third-order valence-electron chi connectivity index (χ3n) is 3.18. The maximum Gasteiger partial charge on any atom is 0.123 e. The van der Waals surface area contributed by atoms with Crippen molar-refractivity contribution in [1.82, 2.24) is 0 Å². The lowest BCUT2D eigenvalue weighted by Crippen LogP contribution is -2.41. The summed E-state index contributed by atoms with van der Waals surface area (Å²) in [5.41, 5.74) is 7.17. The number of hydrogen-bond donors (Lipinski definition) is 1. The Balaban J connectivity index is 2.68. The van der Waals surface area contributed by atoms with E-state index in [4.69, 9.17) is 5.73 Å². The summed E-state index contributed by atoms with van der Waals surface area (Å²) < 4.78 is 13.1. The normalized spacial score (nSPS) is 14.8. The predicted molar refractivity (Wildman–Crippen MR) is 66.8 cm³/mol. The molecule has 0 aliphatic heterocycles. The molecule has 1 aromatic rings. The number of nitrogens with two attached hydrogens (primary N) is 1. The molecule has 0 saturated carbocycles. The van der Waals surface area contributed by atoms with Gasteiger partial charge in [0.15, 0.2) is 0 Å². The van der Waals surface area contributed by atoms with Crippen molar-refractivity contribution < 1.29 is 4.39 Å². The monoisotopic (exact) mass is 223 g/mol. The lowest BCUT2D eigenvalue weighted by Gasteiger charge is -2.28. The third kappa shape index (κ3) is 3.93. The highest BCUT2D eigenvalue weighted by Gasteiger charge is 2.22. The first-order valence-electron chi connectivity index (χ1n) is 6.13. The van der Waals surface area contributed by atoms with Gasteiger partial charge in [0.1, 0.15) is 5.82 Å². The molecule has 0 amide bonds. The second kappa shape index (κ2) is 6.00. The van der Waals surface area contributed by atoms with Crippen LogP contribution in [-0.2, 0) is 6.42 Å². The van der Waals surface area contributed by atoms with Crippen LogP contribution in [0.25, 0.3) is 0 Å². The van der Waals surface area contributed by atoms with E-state index in [0.717, 1.165) is 37.7 Å². The molecule has 1 aromatic carbocycles. The molecule has 0 bridgehead atoms. The lowest BCUT2D eigenvalue weighted by molar-refractivity contribution is 0.364. The highest BCUT2D eigenvalue weighted by atomic mass is 19.1. The van der Waals surface area contributed by atoms with Crippen LogP contribution in [0.15, 0.2) is 24.3 Å². The summed E-state index contributed by atoms with van der Waals surface area (Å²) in [6, 6.07) is 6.76. The van der Waals surface area contributed by atoms with E-state index in [1.54, 1.807) is 12.1 Å². The molecule has 0 spiro atoms. The van der Waals surface area contributed by atoms with Crippen LogP contribution >= 0.6 is 0 Å². The van der Waals surface area contributed by atoms with E-state index in [1.807, 2.05) is 6.07 Å². The summed E-state index contributed by atoms with van der Waals surface area (Å²) in [5.74, 6) is -0.175. The fourth-order valence-corrected chi connectivity index (χ4v) is 1.97. The van der Waals surface area contributed by atoms with E-state index in [2.05, 4.69) is 13.8 Å². The van der Waals surface area contributed by atoms with Crippen LogP contribution in [0.1, 0.15) is 45.1 Å². The Morgan fingerprint density at radius 2 is 2.06 bits per heavy atom. The number of hydrogen-bond acceptors (Lipinski definition) is 1. The molecule has 1 atom stereocenters. The van der Waals surface area contributed by atoms with E-state index < -0.39 is 0 Å². The van der Waals surface area contributed by atoms with Crippen LogP contribution in [0.3, 0.4) is 0 Å². The van der Waals surface area contributed by atoms with Gasteiger partial charge in [-0.3, -0.25) is 0 Å². The summed E-state index contributed by atoms with van der Waals surface area (Å²) in [4.78, 5) is 0. The van der Waals surface area contributed by atoms with Crippen molar-refractivity contribution in [1.29, 1.82) is 0 Å². The van der Waals surface area contributed by atoms with Crippen LogP contribution in [0.4, 0.5) is 4.39 Å². The molecule has 1 unspecified atom stereocenters. The Morgan fingerprint density at radius 3 is 2.62 bits per heavy atom. The smallest absolute Gasteiger partial charge is 0.123 e. The standard InChI is InChI=1S/C14H22FN/c1-3-5-9-14(16,4-2)11-12-7-6-8-13(15)10-12/h6-8,10H,3-5,9,11,16H2,1-2H3. The first-order valence-corrected chi connectivity index (χ1v) is 6.13. The minimum absolute atomic E-state index is 0.175. The van der Waals surface area contributed by atoms with Crippen molar-refractivity contribution >= 4 is 0 Å². The molecule has 0 aromatic heterocycles. The van der Waals surface area contributed by atoms with E-state index in [0.29, 0.717) is 0 Å². The molecular weight excluding hydrogens is 201 g/mol. The highest BCUT2D eigenvalue weighted by Crippen LogP contribution is 2.21. The Labute approximate surface area is 97.9 Å². The summed E-state index contributed by atoms with van der Waals surface area (Å²) in [7, 11) is 0. The number of rotatable bonds is 6. The van der Waals surface area contributed by atoms with E-state index >= 15 is 0 Å². The maximum atomic E-state index is 13.1. The van der Waals surface area contributed by atoms with Crippen LogP contribution in [-0.4, -0.2) is 5.54 Å². The molecular formula is C14H22FN. The molecule has 1 nitrogen and oxygen atoms in total. The number of benzene rings is 1. The molecule has 0 heterocycles. The highest BCUT2D eigenvalue weighted by molar-refractivity contribution is 5.19. The summed E-state index contributed by atoms with van der Waals surface area (Å²) in [6.07, 6.45) is 5.00. The lowest BCUT2D eigenvalue weighted by atomic mass is 9.84. The van der Waals surface area contributed by atoms with Gasteiger partial charge in [-0.25, -0.2) is 4.39 Å². The number of halogens is 1. The van der Waals surface area contributed by atoms with E-state index in [1.165, 1.54) is 6.07 Å². The van der Waals surface area contributed by atoms with E-state index in [-0.39, 0.29) is 11.4 Å². The Hall–Kier alpha value is -0.890. The largest absolute Gasteiger partial charge is 0.325 e. The zero-order chi connectivity index (χ0) is 12.0. The summed E-state index contributed by atoms with van der Waals surface area (Å²) >= 11 is 0. The van der Waals surface area contributed by atoms with Gasteiger partial charge < -0.3 is 5.73 Å². The predicted octanol–water partition coefficient (Wildman–Crippen LogP) is 3.67. The maximum absolute atomic E-state index is 13.1. The molecule has 0 saturated heterocycles. The molecule has 90 valence electrons. The molecule has 1 rings (SSSR count). The fourth-order valence-electron chi connectivity index (χ4n) is 1.97. The second-order valence-corrected chi connectivity index (χ2v) is 4.63. The first-order chi connectivity index (χ1) is 7.59. The zero-order valence-electron chi connectivity index (χ0n) is 10.3. The van der Waals surface area contributed by atoms with Gasteiger partial charge >= 0.3 is 0 Å². The molecule has 0 fully saturated rings. The minimum atomic E-state index is -0.177. The Morgan fingerprint density at radius 1 is 1.31 bits per heavy atom. The van der Waals surface area contributed by atoms with E-state index in [9.17, 15) is 4.39 Å². The van der Waals surface area contributed by atoms with Gasteiger partial charge in [-0.05, 0) is 37.0 Å².